The van der Waals surface area contributed by atoms with E-state index in [2.05, 4.69) is 10.3 Å². The lowest BCUT2D eigenvalue weighted by atomic mass is 10.2. The molecule has 19 heavy (non-hydrogen) atoms. The van der Waals surface area contributed by atoms with E-state index < -0.39 is 5.97 Å². The number of aromatic nitrogens is 1. The Morgan fingerprint density at radius 1 is 1.42 bits per heavy atom. The fourth-order valence-corrected chi connectivity index (χ4v) is 1.62. The van der Waals surface area contributed by atoms with Crippen LogP contribution in [-0.4, -0.2) is 16.1 Å². The van der Waals surface area contributed by atoms with Crippen LogP contribution in [0.25, 0.3) is 0 Å². The monoisotopic (exact) mass is 261 g/mol. The molecule has 1 heterocycles. The van der Waals surface area contributed by atoms with Crippen LogP contribution in [0.4, 0.5) is 21.6 Å². The number of carboxylic acid groups (broad SMARTS) is 1. The number of hydrogen-bond acceptors (Lipinski definition) is 4. The Morgan fingerprint density at radius 3 is 2.79 bits per heavy atom. The summed E-state index contributed by atoms with van der Waals surface area (Å²) >= 11 is 0. The SMILES string of the molecule is Cc1cc(Nc2nccc(C(=O)O)c2N)ccc1F. The zero-order valence-corrected chi connectivity index (χ0v) is 10.1. The predicted molar refractivity (Wildman–Crippen MR) is 70.0 cm³/mol. The number of nitrogens with one attached hydrogen (secondary N) is 1. The molecule has 0 aliphatic heterocycles. The molecular weight excluding hydrogens is 249 g/mol. The van der Waals surface area contributed by atoms with Crippen molar-refractivity contribution in [2.75, 3.05) is 11.1 Å². The summed E-state index contributed by atoms with van der Waals surface area (Å²) < 4.78 is 13.1. The van der Waals surface area contributed by atoms with Crippen LogP contribution in [0.2, 0.25) is 0 Å². The lowest BCUT2D eigenvalue weighted by Crippen LogP contribution is -2.07. The molecule has 0 fully saturated rings. The third-order valence-corrected chi connectivity index (χ3v) is 2.64. The number of aromatic carboxylic acids is 1. The first kappa shape index (κ1) is 12.8. The van der Waals surface area contributed by atoms with Gasteiger partial charge in [-0.05, 0) is 36.8 Å². The zero-order chi connectivity index (χ0) is 14.0. The summed E-state index contributed by atoms with van der Waals surface area (Å²) in [6.45, 7) is 1.63. The highest BCUT2D eigenvalue weighted by molar-refractivity contribution is 5.96. The summed E-state index contributed by atoms with van der Waals surface area (Å²) in [5.41, 5.74) is 6.78. The Kier molecular flexibility index (Phi) is 3.33. The average molecular weight is 261 g/mol. The van der Waals surface area contributed by atoms with E-state index >= 15 is 0 Å². The molecule has 0 amide bonds. The second-order valence-electron chi connectivity index (χ2n) is 4.01. The molecule has 0 unspecified atom stereocenters. The highest BCUT2D eigenvalue weighted by Gasteiger charge is 2.12. The van der Waals surface area contributed by atoms with Crippen LogP contribution in [0.15, 0.2) is 30.5 Å². The van der Waals surface area contributed by atoms with E-state index in [1.165, 1.54) is 24.4 Å². The number of carbonyl (C=O) groups is 1. The van der Waals surface area contributed by atoms with Crippen molar-refractivity contribution >= 4 is 23.2 Å². The van der Waals surface area contributed by atoms with Crippen LogP contribution in [0.1, 0.15) is 15.9 Å². The van der Waals surface area contributed by atoms with Crippen LogP contribution >= 0.6 is 0 Å². The summed E-state index contributed by atoms with van der Waals surface area (Å²) in [5.74, 6) is -1.21. The number of pyridine rings is 1. The normalized spacial score (nSPS) is 10.2. The maximum Gasteiger partial charge on any atom is 0.337 e. The van der Waals surface area contributed by atoms with Crippen molar-refractivity contribution in [2.45, 2.75) is 6.92 Å². The van der Waals surface area contributed by atoms with Crippen molar-refractivity contribution in [1.82, 2.24) is 4.98 Å². The van der Waals surface area contributed by atoms with Gasteiger partial charge in [0.15, 0.2) is 5.82 Å². The van der Waals surface area contributed by atoms with Gasteiger partial charge in [0, 0.05) is 11.9 Å². The maximum atomic E-state index is 13.1. The van der Waals surface area contributed by atoms with Crippen molar-refractivity contribution < 1.29 is 14.3 Å². The van der Waals surface area contributed by atoms with Gasteiger partial charge in [-0.1, -0.05) is 0 Å². The number of rotatable bonds is 3. The van der Waals surface area contributed by atoms with Crippen LogP contribution in [-0.2, 0) is 0 Å². The first-order valence-corrected chi connectivity index (χ1v) is 5.50. The van der Waals surface area contributed by atoms with Gasteiger partial charge in [-0.3, -0.25) is 0 Å². The minimum Gasteiger partial charge on any atom is -0.478 e. The Hall–Kier alpha value is -2.63. The van der Waals surface area contributed by atoms with Crippen molar-refractivity contribution in [3.63, 3.8) is 0 Å². The number of nitrogens with zero attached hydrogens (tertiary/aromatic N) is 1. The van der Waals surface area contributed by atoms with Crippen LogP contribution in [0, 0.1) is 12.7 Å². The van der Waals surface area contributed by atoms with E-state index in [-0.39, 0.29) is 22.9 Å². The van der Waals surface area contributed by atoms with E-state index in [4.69, 9.17) is 10.8 Å². The molecule has 6 heteroatoms. The molecule has 0 bridgehead atoms. The number of benzene rings is 1. The quantitative estimate of drug-likeness (QED) is 0.790. The van der Waals surface area contributed by atoms with Gasteiger partial charge in [0.1, 0.15) is 5.82 Å². The second-order valence-corrected chi connectivity index (χ2v) is 4.01. The van der Waals surface area contributed by atoms with Gasteiger partial charge in [-0.15, -0.1) is 0 Å². The number of anilines is 3. The molecule has 0 radical (unpaired) electrons. The Morgan fingerprint density at radius 2 is 2.16 bits per heavy atom. The van der Waals surface area contributed by atoms with E-state index in [0.29, 0.717) is 11.3 Å². The van der Waals surface area contributed by atoms with Gasteiger partial charge in [-0.25, -0.2) is 14.2 Å². The zero-order valence-electron chi connectivity index (χ0n) is 10.1. The maximum absolute atomic E-state index is 13.1. The summed E-state index contributed by atoms with van der Waals surface area (Å²) in [6, 6.07) is 5.74. The standard InChI is InChI=1S/C13H12FN3O2/c1-7-6-8(2-3-10(7)14)17-12-11(15)9(13(18)19)4-5-16-12/h2-6H,15H2,1H3,(H,16,17)(H,18,19). The van der Waals surface area contributed by atoms with E-state index in [1.807, 2.05) is 0 Å². The number of halogens is 1. The third kappa shape index (κ3) is 2.62. The molecule has 0 spiro atoms. The molecule has 1 aromatic carbocycles. The molecule has 0 saturated carbocycles. The molecule has 1 aromatic heterocycles. The minimum absolute atomic E-state index is 0.0312. The fraction of sp³-hybridized carbons (Fsp3) is 0.0769. The Labute approximate surface area is 108 Å². The lowest BCUT2D eigenvalue weighted by Gasteiger charge is -2.10. The molecule has 0 aliphatic carbocycles. The van der Waals surface area contributed by atoms with Crippen molar-refractivity contribution in [2.24, 2.45) is 0 Å². The third-order valence-electron chi connectivity index (χ3n) is 2.64. The molecule has 2 aromatic rings. The summed E-state index contributed by atoms with van der Waals surface area (Å²) in [7, 11) is 0. The molecule has 2 rings (SSSR count). The van der Waals surface area contributed by atoms with E-state index in [9.17, 15) is 9.18 Å². The Balaban J connectivity index is 2.35. The molecular formula is C13H12FN3O2. The van der Waals surface area contributed by atoms with Gasteiger partial charge in [0.2, 0.25) is 0 Å². The molecule has 0 aliphatic rings. The second kappa shape index (κ2) is 4.93. The van der Waals surface area contributed by atoms with Gasteiger partial charge in [0.25, 0.3) is 0 Å². The number of hydrogen-bond donors (Lipinski definition) is 3. The highest BCUT2D eigenvalue weighted by Crippen LogP contribution is 2.24. The summed E-state index contributed by atoms with van der Waals surface area (Å²) in [5, 5.41) is 11.8. The molecule has 5 nitrogen and oxygen atoms in total. The van der Waals surface area contributed by atoms with Gasteiger partial charge < -0.3 is 16.2 Å². The lowest BCUT2D eigenvalue weighted by molar-refractivity contribution is 0.0698. The molecule has 0 saturated heterocycles. The Bertz CT molecular complexity index is 644. The average Bonchev–Trinajstić information content (AvgIpc) is 2.36. The topological polar surface area (TPSA) is 88.2 Å². The van der Waals surface area contributed by atoms with E-state index in [0.717, 1.165) is 0 Å². The highest BCUT2D eigenvalue weighted by atomic mass is 19.1. The minimum atomic E-state index is -1.13. The molecule has 0 atom stereocenters. The number of nitrogen functional groups attached to an aromatic ring is 1. The van der Waals surface area contributed by atoms with Crippen LogP contribution in [0.3, 0.4) is 0 Å². The number of aryl methyl sites for hydroxylation is 1. The van der Waals surface area contributed by atoms with Gasteiger partial charge in [-0.2, -0.15) is 0 Å². The summed E-state index contributed by atoms with van der Waals surface area (Å²) in [6.07, 6.45) is 1.35. The van der Waals surface area contributed by atoms with Crippen molar-refractivity contribution in [3.8, 4) is 0 Å². The summed E-state index contributed by atoms with van der Waals surface area (Å²) in [4.78, 5) is 14.9. The number of nitrogens with two attached hydrogens (primary N) is 1. The van der Waals surface area contributed by atoms with Crippen LogP contribution in [0.5, 0.6) is 0 Å². The first-order chi connectivity index (χ1) is 8.99. The molecule has 98 valence electrons. The predicted octanol–water partition coefficient (Wildman–Crippen LogP) is 2.55. The van der Waals surface area contributed by atoms with E-state index in [1.54, 1.807) is 13.0 Å². The smallest absolute Gasteiger partial charge is 0.337 e. The first-order valence-electron chi connectivity index (χ1n) is 5.50. The van der Waals surface area contributed by atoms with Crippen molar-refractivity contribution in [3.05, 3.63) is 47.4 Å². The van der Waals surface area contributed by atoms with Gasteiger partial charge in [0.05, 0.1) is 11.3 Å². The fourth-order valence-electron chi connectivity index (χ4n) is 1.62. The largest absolute Gasteiger partial charge is 0.478 e. The number of carboxylic acids is 1. The molecule has 4 N–H and O–H groups in total. The van der Waals surface area contributed by atoms with Crippen LogP contribution < -0.4 is 11.1 Å². The van der Waals surface area contributed by atoms with Gasteiger partial charge >= 0.3 is 5.97 Å². The van der Waals surface area contributed by atoms with Crippen molar-refractivity contribution in [1.29, 1.82) is 0 Å².